The van der Waals surface area contributed by atoms with E-state index in [2.05, 4.69) is 30.7 Å². The molecular weight excluding hydrogens is 266 g/mol. The summed E-state index contributed by atoms with van der Waals surface area (Å²) in [6.45, 7) is 9.51. The van der Waals surface area contributed by atoms with Gasteiger partial charge in [-0.05, 0) is 37.0 Å². The molecule has 5 nitrogen and oxygen atoms in total. The topological polar surface area (TPSA) is 67.9 Å². The molecular formula is C16H31N3O2. The Kier molecular flexibility index (Phi) is 7.15. The summed E-state index contributed by atoms with van der Waals surface area (Å²) in [5.41, 5.74) is 5.61. The van der Waals surface area contributed by atoms with Gasteiger partial charge in [0.25, 0.3) is 0 Å². The van der Waals surface area contributed by atoms with Crippen LogP contribution in [-0.2, 0) is 4.74 Å². The first-order chi connectivity index (χ1) is 9.81. The predicted octanol–water partition coefficient (Wildman–Crippen LogP) is 3.04. The summed E-state index contributed by atoms with van der Waals surface area (Å²) in [6.07, 6.45) is 5.21. The Bertz CT molecular complexity index is 353. The number of urea groups is 1. The van der Waals surface area contributed by atoms with Crippen molar-refractivity contribution in [3.8, 4) is 0 Å². The molecule has 21 heavy (non-hydrogen) atoms. The number of aliphatic imine (C=N–C) groups is 1. The lowest BCUT2D eigenvalue weighted by atomic mass is 9.80. The van der Waals surface area contributed by atoms with E-state index in [9.17, 15) is 4.79 Å². The van der Waals surface area contributed by atoms with Crippen molar-refractivity contribution in [1.82, 2.24) is 4.90 Å². The van der Waals surface area contributed by atoms with Gasteiger partial charge in [-0.3, -0.25) is 0 Å². The van der Waals surface area contributed by atoms with E-state index < -0.39 is 6.03 Å². The molecule has 1 aliphatic heterocycles. The maximum Gasteiger partial charge on any atom is 0.339 e. The zero-order valence-corrected chi connectivity index (χ0v) is 14.0. The third kappa shape index (κ3) is 7.46. The van der Waals surface area contributed by atoms with Gasteiger partial charge in [-0.1, -0.05) is 20.8 Å². The predicted molar refractivity (Wildman–Crippen MR) is 86.5 cm³/mol. The fourth-order valence-electron chi connectivity index (χ4n) is 3.05. The summed E-state index contributed by atoms with van der Waals surface area (Å²) in [5.74, 6) is 1.60. The summed E-state index contributed by atoms with van der Waals surface area (Å²) in [7, 11) is 1.68. The highest BCUT2D eigenvalue weighted by atomic mass is 16.5. The Morgan fingerprint density at radius 1 is 1.33 bits per heavy atom. The average molecular weight is 297 g/mol. The van der Waals surface area contributed by atoms with Crippen LogP contribution in [0.2, 0.25) is 0 Å². The minimum atomic E-state index is -0.598. The van der Waals surface area contributed by atoms with Crippen molar-refractivity contribution in [3.05, 3.63) is 0 Å². The van der Waals surface area contributed by atoms with E-state index in [0.717, 1.165) is 37.7 Å². The third-order valence-corrected chi connectivity index (χ3v) is 3.87. The molecule has 0 aromatic rings. The van der Waals surface area contributed by atoms with E-state index in [1.165, 1.54) is 19.3 Å². The van der Waals surface area contributed by atoms with Crippen LogP contribution >= 0.6 is 0 Å². The van der Waals surface area contributed by atoms with Gasteiger partial charge in [-0.25, -0.2) is 4.79 Å². The number of primary amides is 1. The Hall–Kier alpha value is -1.10. The van der Waals surface area contributed by atoms with Gasteiger partial charge in [-0.15, -0.1) is 0 Å². The molecule has 1 heterocycles. The van der Waals surface area contributed by atoms with Crippen LogP contribution in [0.15, 0.2) is 4.99 Å². The molecule has 0 atom stereocenters. The van der Waals surface area contributed by atoms with Crippen LogP contribution in [0, 0.1) is 11.3 Å². The van der Waals surface area contributed by atoms with Crippen molar-refractivity contribution in [2.24, 2.45) is 22.1 Å². The van der Waals surface area contributed by atoms with E-state index in [1.807, 2.05) is 0 Å². The maximum atomic E-state index is 11.1. The Labute approximate surface area is 128 Å². The number of nitrogens with two attached hydrogens (primary N) is 1. The summed E-state index contributed by atoms with van der Waals surface area (Å²) < 4.78 is 5.07. The van der Waals surface area contributed by atoms with Crippen LogP contribution < -0.4 is 5.73 Å². The first kappa shape index (κ1) is 18.0. The monoisotopic (exact) mass is 297 g/mol. The summed E-state index contributed by atoms with van der Waals surface area (Å²) >= 11 is 0. The summed E-state index contributed by atoms with van der Waals surface area (Å²) in [5, 5.41) is 0. The molecule has 0 unspecified atom stereocenters. The molecule has 1 saturated heterocycles. The maximum absolute atomic E-state index is 11.1. The quantitative estimate of drug-likeness (QED) is 0.482. The van der Waals surface area contributed by atoms with Crippen molar-refractivity contribution in [2.75, 3.05) is 26.8 Å². The van der Waals surface area contributed by atoms with E-state index in [4.69, 9.17) is 10.5 Å². The number of carbonyl (C=O) groups is 1. The van der Waals surface area contributed by atoms with Gasteiger partial charge < -0.3 is 15.4 Å². The lowest BCUT2D eigenvalue weighted by molar-refractivity contribution is 0.189. The van der Waals surface area contributed by atoms with Crippen molar-refractivity contribution < 1.29 is 9.53 Å². The molecule has 2 N–H and O–H groups in total. The Morgan fingerprint density at radius 2 is 1.95 bits per heavy atom. The van der Waals surface area contributed by atoms with Gasteiger partial charge in [-0.2, -0.15) is 4.99 Å². The highest BCUT2D eigenvalue weighted by Crippen LogP contribution is 2.31. The number of nitrogens with zero attached hydrogens (tertiary/aromatic N) is 2. The number of methoxy groups -OCH3 is 1. The number of amidine groups is 1. The Morgan fingerprint density at radius 3 is 2.43 bits per heavy atom. The normalized spacial score (nSPS) is 18.1. The zero-order valence-electron chi connectivity index (χ0n) is 14.0. The number of ether oxygens (including phenoxy) is 1. The van der Waals surface area contributed by atoms with Crippen LogP contribution in [0.1, 0.15) is 52.9 Å². The number of piperidine rings is 1. The number of amides is 2. The van der Waals surface area contributed by atoms with E-state index in [-0.39, 0.29) is 0 Å². The average Bonchev–Trinajstić information content (AvgIpc) is 2.36. The third-order valence-electron chi connectivity index (χ3n) is 3.87. The second kappa shape index (κ2) is 8.37. The highest BCUT2D eigenvalue weighted by Gasteiger charge is 2.25. The van der Waals surface area contributed by atoms with Crippen LogP contribution in [0.25, 0.3) is 0 Å². The molecule has 0 aliphatic carbocycles. The molecule has 0 radical (unpaired) electrons. The van der Waals surface area contributed by atoms with Gasteiger partial charge in [0.1, 0.15) is 5.84 Å². The Balaban J connectivity index is 2.53. The molecule has 1 fully saturated rings. The molecule has 0 aromatic heterocycles. The highest BCUT2D eigenvalue weighted by molar-refractivity contribution is 5.93. The van der Waals surface area contributed by atoms with Crippen LogP contribution in [0.3, 0.4) is 0 Å². The second-order valence-corrected chi connectivity index (χ2v) is 7.16. The number of likely N-dealkylation sites (tertiary alicyclic amines) is 1. The van der Waals surface area contributed by atoms with E-state index in [1.54, 1.807) is 7.11 Å². The fourth-order valence-corrected chi connectivity index (χ4v) is 3.05. The van der Waals surface area contributed by atoms with E-state index in [0.29, 0.717) is 12.0 Å². The van der Waals surface area contributed by atoms with Crippen LogP contribution in [-0.4, -0.2) is 43.6 Å². The number of hydrogen-bond donors (Lipinski definition) is 1. The van der Waals surface area contributed by atoms with Gasteiger partial charge in [0.2, 0.25) is 0 Å². The largest absolute Gasteiger partial charge is 0.385 e. The number of rotatable bonds is 5. The minimum Gasteiger partial charge on any atom is -0.385 e. The van der Waals surface area contributed by atoms with E-state index >= 15 is 0 Å². The molecule has 2 amide bonds. The molecule has 0 aromatic carbocycles. The molecule has 1 rings (SSSR count). The SMILES string of the molecule is COCCCC(=NC(N)=O)N1CCC(CC(C)(C)C)CC1. The molecule has 0 bridgehead atoms. The van der Waals surface area contributed by atoms with Crippen molar-refractivity contribution in [1.29, 1.82) is 0 Å². The molecule has 0 saturated carbocycles. The minimum absolute atomic E-state index is 0.384. The van der Waals surface area contributed by atoms with Crippen molar-refractivity contribution in [3.63, 3.8) is 0 Å². The van der Waals surface area contributed by atoms with Gasteiger partial charge in [0.15, 0.2) is 0 Å². The molecule has 122 valence electrons. The smallest absolute Gasteiger partial charge is 0.339 e. The van der Waals surface area contributed by atoms with Gasteiger partial charge in [0.05, 0.1) is 0 Å². The van der Waals surface area contributed by atoms with Crippen LogP contribution in [0.4, 0.5) is 4.79 Å². The first-order valence-electron chi connectivity index (χ1n) is 7.92. The number of hydrogen-bond acceptors (Lipinski definition) is 2. The lowest BCUT2D eigenvalue weighted by Crippen LogP contribution is -2.40. The fraction of sp³-hybridized carbons (Fsp3) is 0.875. The lowest BCUT2D eigenvalue weighted by Gasteiger charge is -2.36. The molecule has 5 heteroatoms. The standard InChI is InChI=1S/C16H31N3O2/c1-16(2,3)12-13-7-9-19(10-8-13)14(18-15(17)20)6-5-11-21-4/h13H,5-12H2,1-4H3,(H2,17,20). The first-order valence-corrected chi connectivity index (χ1v) is 7.92. The van der Waals surface area contributed by atoms with Crippen LogP contribution in [0.5, 0.6) is 0 Å². The number of carbonyl (C=O) groups excluding carboxylic acids is 1. The molecule has 1 aliphatic rings. The second-order valence-electron chi connectivity index (χ2n) is 7.16. The van der Waals surface area contributed by atoms with Crippen molar-refractivity contribution >= 4 is 11.9 Å². The zero-order chi connectivity index (χ0) is 15.9. The van der Waals surface area contributed by atoms with Crippen molar-refractivity contribution in [2.45, 2.75) is 52.9 Å². The molecule has 0 spiro atoms. The summed E-state index contributed by atoms with van der Waals surface area (Å²) in [4.78, 5) is 17.3. The summed E-state index contributed by atoms with van der Waals surface area (Å²) in [6, 6.07) is -0.598. The van der Waals surface area contributed by atoms with Gasteiger partial charge in [0, 0.05) is 33.2 Å². The van der Waals surface area contributed by atoms with Gasteiger partial charge >= 0.3 is 6.03 Å².